The highest BCUT2D eigenvalue weighted by Gasteiger charge is 2.26. The molecule has 0 saturated carbocycles. The number of sulfonamides is 1. The Balaban J connectivity index is 2.95. The third-order valence-corrected chi connectivity index (χ3v) is 5.11. The van der Waals surface area contributed by atoms with Gasteiger partial charge in [0.2, 0.25) is 10.0 Å². The number of aliphatic hydroxyl groups is 1. The Morgan fingerprint density at radius 3 is 2.52 bits per heavy atom. The quantitative estimate of drug-likeness (QED) is 0.639. The molecule has 21 heavy (non-hydrogen) atoms. The topological polar surface area (TPSA) is 95.7 Å². The van der Waals surface area contributed by atoms with Gasteiger partial charge in [-0.05, 0) is 61.6 Å². The Morgan fingerprint density at radius 1 is 1.43 bits per heavy atom. The van der Waals surface area contributed by atoms with Crippen LogP contribution in [0.15, 0.2) is 21.5 Å². The van der Waals surface area contributed by atoms with E-state index in [1.165, 1.54) is 6.07 Å². The molecule has 1 atom stereocenters. The molecule has 0 aromatic heterocycles. The number of hydrogen-bond donors (Lipinski definition) is 3. The highest BCUT2D eigenvalue weighted by molar-refractivity contribution is 9.10. The van der Waals surface area contributed by atoms with E-state index in [1.807, 2.05) is 14.1 Å². The first-order chi connectivity index (χ1) is 9.44. The number of likely N-dealkylation sites (N-methyl/N-ethyl adjacent to an activating group) is 1. The molecule has 120 valence electrons. The summed E-state index contributed by atoms with van der Waals surface area (Å²) in [6.07, 6.45) is 0. The molecule has 0 heterocycles. The van der Waals surface area contributed by atoms with Crippen LogP contribution in [-0.4, -0.2) is 51.2 Å². The normalized spacial score (nSPS) is 15.2. The van der Waals surface area contributed by atoms with Crippen LogP contribution in [0.1, 0.15) is 12.5 Å². The van der Waals surface area contributed by atoms with Gasteiger partial charge in [-0.2, -0.15) is 0 Å². The van der Waals surface area contributed by atoms with Crippen LogP contribution in [0, 0.1) is 6.92 Å². The summed E-state index contributed by atoms with van der Waals surface area (Å²) in [5, 5.41) is 10.2. The van der Waals surface area contributed by atoms with Crippen molar-refractivity contribution in [3.05, 3.63) is 22.2 Å². The highest BCUT2D eigenvalue weighted by atomic mass is 79.9. The number of rotatable bonds is 6. The standard InChI is InChI=1S/C13H22BrN3O3S/c1-9-5-10(14)11(15)6-12(9)21(19,20)16-7-13(2,18)8-17(3)4/h5-6,16,18H,7-8,15H2,1-4H3. The molecule has 4 N–H and O–H groups in total. The molecule has 0 bridgehead atoms. The zero-order chi connectivity index (χ0) is 16.4. The maximum atomic E-state index is 12.3. The van der Waals surface area contributed by atoms with E-state index in [0.29, 0.717) is 22.3 Å². The molecule has 1 rings (SSSR count). The van der Waals surface area contributed by atoms with E-state index in [2.05, 4.69) is 20.7 Å². The smallest absolute Gasteiger partial charge is 0.241 e. The molecule has 0 aliphatic carbocycles. The average Bonchev–Trinajstić information content (AvgIpc) is 2.30. The molecule has 0 aliphatic heterocycles. The van der Waals surface area contributed by atoms with Crippen molar-refractivity contribution in [3.63, 3.8) is 0 Å². The summed E-state index contributed by atoms with van der Waals surface area (Å²) in [5.41, 5.74) is 5.51. The number of aryl methyl sites for hydroxylation is 1. The van der Waals surface area contributed by atoms with E-state index in [4.69, 9.17) is 5.73 Å². The lowest BCUT2D eigenvalue weighted by molar-refractivity contribution is 0.0386. The average molecular weight is 380 g/mol. The fraction of sp³-hybridized carbons (Fsp3) is 0.538. The van der Waals surface area contributed by atoms with Gasteiger partial charge in [0.25, 0.3) is 0 Å². The third kappa shape index (κ3) is 5.23. The molecule has 0 amide bonds. The van der Waals surface area contributed by atoms with E-state index in [1.54, 1.807) is 24.8 Å². The second-order valence-electron chi connectivity index (χ2n) is 5.70. The second kappa shape index (κ2) is 6.62. The maximum Gasteiger partial charge on any atom is 0.241 e. The SMILES string of the molecule is Cc1cc(Br)c(N)cc1S(=O)(=O)NCC(C)(O)CN(C)C. The van der Waals surface area contributed by atoms with Crippen molar-refractivity contribution in [1.82, 2.24) is 9.62 Å². The first kappa shape index (κ1) is 18.4. The van der Waals surface area contributed by atoms with Crippen molar-refractivity contribution in [1.29, 1.82) is 0 Å². The Labute approximate surface area is 134 Å². The molecule has 8 heteroatoms. The highest BCUT2D eigenvalue weighted by Crippen LogP contribution is 2.26. The number of halogens is 1. The van der Waals surface area contributed by atoms with E-state index in [0.717, 1.165) is 0 Å². The van der Waals surface area contributed by atoms with Gasteiger partial charge in [-0.15, -0.1) is 0 Å². The summed E-state index contributed by atoms with van der Waals surface area (Å²) in [6, 6.07) is 3.06. The third-order valence-electron chi connectivity index (χ3n) is 2.88. The largest absolute Gasteiger partial charge is 0.398 e. The minimum Gasteiger partial charge on any atom is -0.398 e. The van der Waals surface area contributed by atoms with Gasteiger partial charge in [0.15, 0.2) is 0 Å². The van der Waals surface area contributed by atoms with Gasteiger partial charge in [-0.3, -0.25) is 0 Å². The number of hydrogen-bond acceptors (Lipinski definition) is 5. The van der Waals surface area contributed by atoms with Gasteiger partial charge in [-0.25, -0.2) is 13.1 Å². The summed E-state index contributed by atoms with van der Waals surface area (Å²) in [7, 11) is -0.112. The summed E-state index contributed by atoms with van der Waals surface area (Å²) in [6.45, 7) is 3.54. The predicted octanol–water partition coefficient (Wildman–Crippen LogP) is 0.931. The monoisotopic (exact) mass is 379 g/mol. The van der Waals surface area contributed by atoms with Gasteiger partial charge >= 0.3 is 0 Å². The summed E-state index contributed by atoms with van der Waals surface area (Å²) < 4.78 is 27.8. The van der Waals surface area contributed by atoms with E-state index in [9.17, 15) is 13.5 Å². The van der Waals surface area contributed by atoms with Gasteiger partial charge in [-0.1, -0.05) is 0 Å². The van der Waals surface area contributed by atoms with Crippen molar-refractivity contribution in [2.75, 3.05) is 32.9 Å². The molecule has 1 aromatic rings. The van der Waals surface area contributed by atoms with Crippen LogP contribution in [0.4, 0.5) is 5.69 Å². The molecular formula is C13H22BrN3O3S. The van der Waals surface area contributed by atoms with Crippen LogP contribution in [-0.2, 0) is 10.0 Å². The van der Waals surface area contributed by atoms with Crippen molar-refractivity contribution in [3.8, 4) is 0 Å². The number of nitrogen functional groups attached to an aromatic ring is 1. The minimum atomic E-state index is -3.73. The van der Waals surface area contributed by atoms with Crippen LogP contribution < -0.4 is 10.5 Å². The van der Waals surface area contributed by atoms with E-state index in [-0.39, 0.29) is 11.4 Å². The molecule has 0 saturated heterocycles. The Morgan fingerprint density at radius 2 is 2.00 bits per heavy atom. The number of nitrogens with zero attached hydrogens (tertiary/aromatic N) is 1. The number of nitrogens with one attached hydrogen (secondary N) is 1. The summed E-state index contributed by atoms with van der Waals surface area (Å²) in [4.78, 5) is 1.90. The first-order valence-corrected chi connectivity index (χ1v) is 8.65. The Kier molecular flexibility index (Phi) is 5.79. The maximum absolute atomic E-state index is 12.3. The summed E-state index contributed by atoms with van der Waals surface area (Å²) in [5.74, 6) is 0. The zero-order valence-corrected chi connectivity index (χ0v) is 15.0. The summed E-state index contributed by atoms with van der Waals surface area (Å²) >= 11 is 3.26. The van der Waals surface area contributed by atoms with Gasteiger partial charge in [0.05, 0.1) is 10.5 Å². The minimum absolute atomic E-state index is 0.0804. The Hall–Kier alpha value is -0.670. The number of anilines is 1. The van der Waals surface area contributed by atoms with Crippen LogP contribution in [0.3, 0.4) is 0 Å². The van der Waals surface area contributed by atoms with Crippen LogP contribution in [0.2, 0.25) is 0 Å². The lowest BCUT2D eigenvalue weighted by Crippen LogP contribution is -2.47. The van der Waals surface area contributed by atoms with Crippen molar-refractivity contribution in [2.45, 2.75) is 24.3 Å². The zero-order valence-electron chi connectivity index (χ0n) is 12.6. The lowest BCUT2D eigenvalue weighted by Gasteiger charge is -2.27. The lowest BCUT2D eigenvalue weighted by atomic mass is 10.1. The van der Waals surface area contributed by atoms with Gasteiger partial charge in [0, 0.05) is 23.2 Å². The molecule has 6 nitrogen and oxygen atoms in total. The molecule has 0 aliphatic rings. The van der Waals surface area contributed by atoms with Crippen molar-refractivity contribution < 1.29 is 13.5 Å². The predicted molar refractivity (Wildman–Crippen MR) is 87.7 cm³/mol. The molecule has 0 fully saturated rings. The fourth-order valence-corrected chi connectivity index (χ4v) is 3.90. The number of nitrogens with two attached hydrogens (primary N) is 1. The molecule has 0 radical (unpaired) electrons. The molecular weight excluding hydrogens is 358 g/mol. The number of benzene rings is 1. The fourth-order valence-electron chi connectivity index (χ4n) is 2.02. The van der Waals surface area contributed by atoms with Gasteiger partial charge in [0.1, 0.15) is 0 Å². The van der Waals surface area contributed by atoms with Crippen LogP contribution >= 0.6 is 15.9 Å². The molecule has 1 aromatic carbocycles. The Bertz CT molecular complexity index is 615. The van der Waals surface area contributed by atoms with Crippen molar-refractivity contribution >= 4 is 31.6 Å². The van der Waals surface area contributed by atoms with E-state index < -0.39 is 15.6 Å². The van der Waals surface area contributed by atoms with Crippen LogP contribution in [0.25, 0.3) is 0 Å². The van der Waals surface area contributed by atoms with Crippen LogP contribution in [0.5, 0.6) is 0 Å². The van der Waals surface area contributed by atoms with Gasteiger partial charge < -0.3 is 15.7 Å². The molecule has 0 spiro atoms. The molecule has 1 unspecified atom stereocenters. The second-order valence-corrected chi connectivity index (χ2v) is 8.29. The van der Waals surface area contributed by atoms with E-state index >= 15 is 0 Å². The first-order valence-electron chi connectivity index (χ1n) is 6.37. The van der Waals surface area contributed by atoms with Crippen molar-refractivity contribution in [2.24, 2.45) is 0 Å².